The van der Waals surface area contributed by atoms with E-state index in [1.54, 1.807) is 13.3 Å². The number of carbonyl (C=O) groups excluding carboxylic acids is 1. The van der Waals surface area contributed by atoms with E-state index >= 15 is 0 Å². The van der Waals surface area contributed by atoms with E-state index in [-0.39, 0.29) is 11.9 Å². The molecule has 3 heterocycles. The fourth-order valence-electron chi connectivity index (χ4n) is 3.76. The van der Waals surface area contributed by atoms with Gasteiger partial charge in [-0.15, -0.1) is 5.10 Å². The molecule has 0 aliphatic carbocycles. The number of methoxy groups -OCH3 is 1. The maximum atomic E-state index is 13.1. The molecule has 1 unspecified atom stereocenters. The maximum absolute atomic E-state index is 13.1. The molecule has 1 aromatic rings. The Morgan fingerprint density at radius 2 is 2.25 bits per heavy atom. The van der Waals surface area contributed by atoms with Gasteiger partial charge in [-0.25, -0.2) is 0 Å². The first-order valence-corrected chi connectivity index (χ1v) is 8.72. The molecule has 0 aromatic carbocycles. The van der Waals surface area contributed by atoms with Crippen LogP contribution in [0.15, 0.2) is 18.3 Å². The number of aromatic nitrogens is 2. The molecule has 1 aromatic heterocycles. The molecule has 0 radical (unpaired) electrons. The molecule has 1 N–H and O–H groups in total. The quantitative estimate of drug-likeness (QED) is 0.873. The third-order valence-electron chi connectivity index (χ3n) is 5.34. The number of rotatable bonds is 4. The van der Waals surface area contributed by atoms with Crippen molar-refractivity contribution in [1.82, 2.24) is 20.4 Å². The smallest absolute Gasteiger partial charge is 0.254 e. The minimum absolute atomic E-state index is 0.109. The van der Waals surface area contributed by atoms with Gasteiger partial charge in [0.25, 0.3) is 5.91 Å². The molecular formula is C17H27N5O2. The van der Waals surface area contributed by atoms with Gasteiger partial charge < -0.3 is 19.9 Å². The number of likely N-dealkylation sites (N-methyl/N-ethyl adjacent to an activating group) is 1. The average molecular weight is 333 g/mol. The Morgan fingerprint density at radius 3 is 2.92 bits per heavy atom. The molecule has 1 atom stereocenters. The highest BCUT2D eigenvalue weighted by Crippen LogP contribution is 2.28. The molecule has 7 heteroatoms. The summed E-state index contributed by atoms with van der Waals surface area (Å²) in [5, 5.41) is 11.5. The molecule has 2 aliphatic rings. The van der Waals surface area contributed by atoms with E-state index in [4.69, 9.17) is 4.74 Å². The predicted octanol–water partition coefficient (Wildman–Crippen LogP) is 0.672. The van der Waals surface area contributed by atoms with Crippen LogP contribution in [0.2, 0.25) is 0 Å². The average Bonchev–Trinajstić information content (AvgIpc) is 2.68. The molecule has 3 rings (SSSR count). The largest absolute Gasteiger partial charge is 0.368 e. The van der Waals surface area contributed by atoms with E-state index in [1.165, 1.54) is 0 Å². The van der Waals surface area contributed by atoms with E-state index in [2.05, 4.69) is 20.4 Å². The van der Waals surface area contributed by atoms with Crippen molar-refractivity contribution in [3.63, 3.8) is 0 Å². The van der Waals surface area contributed by atoms with Crippen LogP contribution in [0, 0.1) is 0 Å². The zero-order chi connectivity index (χ0) is 17.0. The summed E-state index contributed by atoms with van der Waals surface area (Å²) in [5.41, 5.74) is -0.672. The standard InChI is InChI=1S/C17H27N5O2/c1-21(16(23)17(24-2)7-10-18-11-8-17)14-5-4-12-22(13-14)15-6-3-9-19-20-15/h3,6,9,14,18H,4-5,7-8,10-13H2,1-2H3. The van der Waals surface area contributed by atoms with Crippen molar-refractivity contribution in [2.75, 3.05) is 45.2 Å². The monoisotopic (exact) mass is 333 g/mol. The van der Waals surface area contributed by atoms with Crippen LogP contribution in [-0.4, -0.2) is 73.0 Å². The molecule has 132 valence electrons. The third kappa shape index (κ3) is 3.37. The van der Waals surface area contributed by atoms with E-state index < -0.39 is 5.60 Å². The summed E-state index contributed by atoms with van der Waals surface area (Å²) < 4.78 is 5.70. The first-order chi connectivity index (χ1) is 11.7. The molecule has 1 amide bonds. The second kappa shape index (κ2) is 7.44. The van der Waals surface area contributed by atoms with Crippen LogP contribution >= 0.6 is 0 Å². The van der Waals surface area contributed by atoms with Crippen molar-refractivity contribution in [3.8, 4) is 0 Å². The predicted molar refractivity (Wildman–Crippen MR) is 91.9 cm³/mol. The normalized spacial score (nSPS) is 23.8. The second-order valence-corrected chi connectivity index (χ2v) is 6.69. The lowest BCUT2D eigenvalue weighted by atomic mass is 9.89. The van der Waals surface area contributed by atoms with Gasteiger partial charge >= 0.3 is 0 Å². The highest BCUT2D eigenvalue weighted by atomic mass is 16.5. The number of ether oxygens (including phenoxy) is 1. The number of piperidine rings is 2. The van der Waals surface area contributed by atoms with Gasteiger partial charge in [-0.3, -0.25) is 4.79 Å². The maximum Gasteiger partial charge on any atom is 0.254 e. The van der Waals surface area contributed by atoms with Crippen LogP contribution in [0.1, 0.15) is 25.7 Å². The van der Waals surface area contributed by atoms with Crippen LogP contribution in [-0.2, 0) is 9.53 Å². The number of nitrogens with zero attached hydrogens (tertiary/aromatic N) is 4. The zero-order valence-electron chi connectivity index (χ0n) is 14.6. The lowest BCUT2D eigenvalue weighted by Crippen LogP contribution is -2.58. The van der Waals surface area contributed by atoms with Gasteiger partial charge in [0.1, 0.15) is 5.60 Å². The van der Waals surface area contributed by atoms with Gasteiger partial charge in [-0.1, -0.05) is 0 Å². The Labute approximate surface area is 143 Å². The Morgan fingerprint density at radius 1 is 1.46 bits per heavy atom. The van der Waals surface area contributed by atoms with Crippen molar-refractivity contribution >= 4 is 11.7 Å². The van der Waals surface area contributed by atoms with Crippen LogP contribution in [0.4, 0.5) is 5.82 Å². The number of carbonyl (C=O) groups is 1. The Bertz CT molecular complexity index is 547. The molecule has 7 nitrogen and oxygen atoms in total. The fourth-order valence-corrected chi connectivity index (χ4v) is 3.76. The number of amides is 1. The van der Waals surface area contributed by atoms with Crippen molar-refractivity contribution < 1.29 is 9.53 Å². The van der Waals surface area contributed by atoms with E-state index in [0.717, 1.165) is 57.7 Å². The van der Waals surface area contributed by atoms with Gasteiger partial charge in [-0.05, 0) is 50.9 Å². The van der Waals surface area contributed by atoms with Gasteiger partial charge in [0.15, 0.2) is 5.82 Å². The molecule has 0 bridgehead atoms. The van der Waals surface area contributed by atoms with Crippen molar-refractivity contribution in [2.24, 2.45) is 0 Å². The minimum Gasteiger partial charge on any atom is -0.368 e. The lowest BCUT2D eigenvalue weighted by Gasteiger charge is -2.43. The van der Waals surface area contributed by atoms with Gasteiger partial charge in [-0.2, -0.15) is 5.10 Å². The fraction of sp³-hybridized carbons (Fsp3) is 0.706. The first kappa shape index (κ1) is 17.1. The van der Waals surface area contributed by atoms with Gasteiger partial charge in [0.2, 0.25) is 0 Å². The Balaban J connectivity index is 1.69. The zero-order valence-corrected chi connectivity index (χ0v) is 14.6. The van der Waals surface area contributed by atoms with Crippen molar-refractivity contribution in [3.05, 3.63) is 18.3 Å². The van der Waals surface area contributed by atoms with E-state index in [1.807, 2.05) is 24.1 Å². The lowest BCUT2D eigenvalue weighted by molar-refractivity contribution is -0.159. The van der Waals surface area contributed by atoms with Gasteiger partial charge in [0.05, 0.1) is 0 Å². The molecule has 2 aliphatic heterocycles. The third-order valence-corrected chi connectivity index (χ3v) is 5.34. The van der Waals surface area contributed by atoms with Crippen LogP contribution in [0.3, 0.4) is 0 Å². The summed E-state index contributed by atoms with van der Waals surface area (Å²) in [4.78, 5) is 17.2. The Kier molecular flexibility index (Phi) is 5.30. The van der Waals surface area contributed by atoms with Crippen molar-refractivity contribution in [1.29, 1.82) is 0 Å². The molecule has 2 fully saturated rings. The summed E-state index contributed by atoms with van der Waals surface area (Å²) >= 11 is 0. The number of hydrogen-bond donors (Lipinski definition) is 1. The number of nitrogens with one attached hydrogen (secondary N) is 1. The summed E-state index contributed by atoms with van der Waals surface area (Å²) in [5.74, 6) is 0.990. The highest BCUT2D eigenvalue weighted by Gasteiger charge is 2.43. The van der Waals surface area contributed by atoms with Crippen molar-refractivity contribution in [2.45, 2.75) is 37.3 Å². The SMILES string of the molecule is COC1(C(=O)N(C)C2CCCN(c3cccnn3)C2)CCNCC1. The van der Waals surface area contributed by atoms with Gasteiger partial charge in [0, 0.05) is 39.5 Å². The molecule has 2 saturated heterocycles. The molecule has 0 spiro atoms. The van der Waals surface area contributed by atoms with E-state index in [9.17, 15) is 4.79 Å². The van der Waals surface area contributed by atoms with Crippen LogP contribution < -0.4 is 10.2 Å². The number of anilines is 1. The topological polar surface area (TPSA) is 70.6 Å². The summed E-state index contributed by atoms with van der Waals surface area (Å²) in [6, 6.07) is 4.05. The minimum atomic E-state index is -0.672. The summed E-state index contributed by atoms with van der Waals surface area (Å²) in [6.07, 6.45) is 5.19. The summed E-state index contributed by atoms with van der Waals surface area (Å²) in [7, 11) is 3.57. The molecule has 24 heavy (non-hydrogen) atoms. The van der Waals surface area contributed by atoms with Crippen LogP contribution in [0.25, 0.3) is 0 Å². The highest BCUT2D eigenvalue weighted by molar-refractivity contribution is 5.85. The summed E-state index contributed by atoms with van der Waals surface area (Å²) in [6.45, 7) is 3.39. The molecule has 0 saturated carbocycles. The Hall–Kier alpha value is -1.73. The molecular weight excluding hydrogens is 306 g/mol. The first-order valence-electron chi connectivity index (χ1n) is 8.72. The second-order valence-electron chi connectivity index (χ2n) is 6.69. The van der Waals surface area contributed by atoms with E-state index in [0.29, 0.717) is 0 Å². The number of hydrogen-bond acceptors (Lipinski definition) is 6. The van der Waals surface area contributed by atoms with Crippen LogP contribution in [0.5, 0.6) is 0 Å².